The van der Waals surface area contributed by atoms with E-state index in [9.17, 15) is 0 Å². The van der Waals surface area contributed by atoms with Crippen molar-refractivity contribution in [2.75, 3.05) is 4.90 Å². The monoisotopic (exact) mass is 618 g/mol. The van der Waals surface area contributed by atoms with E-state index >= 15 is 0 Å². The van der Waals surface area contributed by atoms with Gasteiger partial charge in [0.25, 0.3) is 0 Å². The van der Waals surface area contributed by atoms with Gasteiger partial charge in [0, 0.05) is 33.5 Å². The van der Waals surface area contributed by atoms with Crippen molar-refractivity contribution in [2.24, 2.45) is 0 Å². The van der Waals surface area contributed by atoms with Crippen LogP contribution in [-0.2, 0) is 0 Å². The number of hydrogen-bond acceptors (Lipinski definition) is 1. The fraction of sp³-hybridized carbons (Fsp3) is 0.0435. The third-order valence-electron chi connectivity index (χ3n) is 9.01. The Kier molecular flexibility index (Phi) is 8.47. The van der Waals surface area contributed by atoms with Gasteiger partial charge in [0.15, 0.2) is 0 Å². The van der Waals surface area contributed by atoms with E-state index in [1.54, 1.807) is 0 Å². The maximum Gasteiger partial charge on any atom is 0.0547 e. The molecule has 7 rings (SSSR count). The van der Waals surface area contributed by atoms with Crippen molar-refractivity contribution in [2.45, 2.75) is 12.8 Å². The second-order valence-corrected chi connectivity index (χ2v) is 12.1. The highest BCUT2D eigenvalue weighted by Crippen LogP contribution is 2.39. The van der Waals surface area contributed by atoms with Crippen LogP contribution in [-0.4, -0.2) is 4.57 Å². The SMILES string of the molecule is C=C(/C=C\C(=C)N(c1ccccc1)c1ccccc1)C(=C)/C=C\C(=C)n1c2ccc(C3=CC=CCC3)cc2c2c3ccccc3ccc21. The molecule has 0 unspecified atom stereocenters. The minimum atomic E-state index is 0.800. The molecule has 0 saturated heterocycles. The number of rotatable bonds is 10. The van der Waals surface area contributed by atoms with Gasteiger partial charge in [-0.1, -0.05) is 129 Å². The summed E-state index contributed by atoms with van der Waals surface area (Å²) in [5, 5.41) is 4.95. The summed E-state index contributed by atoms with van der Waals surface area (Å²) in [5.74, 6) is 0. The highest BCUT2D eigenvalue weighted by atomic mass is 15.1. The van der Waals surface area contributed by atoms with Gasteiger partial charge in [-0.3, -0.25) is 0 Å². The molecule has 0 bridgehead atoms. The topological polar surface area (TPSA) is 8.17 Å². The van der Waals surface area contributed by atoms with Gasteiger partial charge in [0.2, 0.25) is 0 Å². The number of fused-ring (bicyclic) bond motifs is 5. The van der Waals surface area contributed by atoms with Crippen molar-refractivity contribution >= 4 is 55.2 Å². The Labute approximate surface area is 283 Å². The molecule has 0 radical (unpaired) electrons. The van der Waals surface area contributed by atoms with Crippen LogP contribution in [0.15, 0.2) is 201 Å². The van der Waals surface area contributed by atoms with Crippen LogP contribution in [0.5, 0.6) is 0 Å². The summed E-state index contributed by atoms with van der Waals surface area (Å²) in [4.78, 5) is 2.13. The van der Waals surface area contributed by atoms with Gasteiger partial charge in [0.1, 0.15) is 0 Å². The molecule has 0 fully saturated rings. The van der Waals surface area contributed by atoms with Crippen LogP contribution >= 0.6 is 0 Å². The van der Waals surface area contributed by atoms with Crippen molar-refractivity contribution < 1.29 is 0 Å². The number of benzene rings is 5. The minimum Gasteiger partial charge on any atom is -0.311 e. The normalized spacial score (nSPS) is 13.0. The molecule has 1 aromatic heterocycles. The quantitative estimate of drug-likeness (QED) is 0.139. The molecule has 0 spiro atoms. The third-order valence-corrected chi connectivity index (χ3v) is 9.01. The van der Waals surface area contributed by atoms with E-state index in [4.69, 9.17) is 0 Å². The van der Waals surface area contributed by atoms with Crippen molar-refractivity contribution in [1.82, 2.24) is 4.57 Å². The fourth-order valence-electron chi connectivity index (χ4n) is 6.53. The molecule has 232 valence electrons. The smallest absolute Gasteiger partial charge is 0.0547 e. The molecule has 2 nitrogen and oxygen atoms in total. The second kappa shape index (κ2) is 13.3. The number of para-hydroxylation sites is 2. The van der Waals surface area contributed by atoms with Crippen LogP contribution in [0.25, 0.3) is 43.8 Å². The first-order valence-electron chi connectivity index (χ1n) is 16.3. The van der Waals surface area contributed by atoms with Gasteiger partial charge in [-0.25, -0.2) is 0 Å². The summed E-state index contributed by atoms with van der Waals surface area (Å²) in [7, 11) is 0. The van der Waals surface area contributed by atoms with Gasteiger partial charge in [-0.15, -0.1) is 0 Å². The first kappa shape index (κ1) is 30.5. The molecule has 1 aliphatic carbocycles. The van der Waals surface area contributed by atoms with Crippen molar-refractivity contribution in [1.29, 1.82) is 0 Å². The molecular formula is C46H38N2. The van der Waals surface area contributed by atoms with Crippen LogP contribution < -0.4 is 4.90 Å². The molecular weight excluding hydrogens is 581 g/mol. The van der Waals surface area contributed by atoms with Crippen molar-refractivity contribution in [3.63, 3.8) is 0 Å². The zero-order chi connectivity index (χ0) is 33.0. The lowest BCUT2D eigenvalue weighted by Gasteiger charge is -2.25. The van der Waals surface area contributed by atoms with E-state index in [-0.39, 0.29) is 0 Å². The highest BCUT2D eigenvalue weighted by molar-refractivity contribution is 6.22. The molecule has 0 saturated carbocycles. The van der Waals surface area contributed by atoms with Crippen molar-refractivity contribution in [3.05, 3.63) is 207 Å². The Hall–Kier alpha value is -6.12. The second-order valence-electron chi connectivity index (χ2n) is 12.1. The van der Waals surface area contributed by atoms with E-state index in [2.05, 4.69) is 133 Å². The first-order chi connectivity index (χ1) is 23.5. The lowest BCUT2D eigenvalue weighted by Crippen LogP contribution is -2.14. The highest BCUT2D eigenvalue weighted by Gasteiger charge is 2.16. The summed E-state index contributed by atoms with van der Waals surface area (Å²) < 4.78 is 2.26. The molecule has 0 amide bonds. The van der Waals surface area contributed by atoms with Crippen LogP contribution in [0.4, 0.5) is 11.4 Å². The lowest BCUT2D eigenvalue weighted by molar-refractivity contribution is 1.05. The molecule has 5 aromatic carbocycles. The van der Waals surface area contributed by atoms with E-state index < -0.39 is 0 Å². The van der Waals surface area contributed by atoms with Crippen molar-refractivity contribution in [3.8, 4) is 0 Å². The third kappa shape index (κ3) is 5.92. The summed E-state index contributed by atoms with van der Waals surface area (Å²) in [6, 6.07) is 40.4. The summed E-state index contributed by atoms with van der Waals surface area (Å²) in [5.41, 5.74) is 10.3. The Balaban J connectivity index is 1.18. The molecule has 2 heteroatoms. The summed E-state index contributed by atoms with van der Waals surface area (Å²) in [6.45, 7) is 17.6. The van der Waals surface area contributed by atoms with Gasteiger partial charge in [-0.2, -0.15) is 0 Å². The predicted molar refractivity (Wildman–Crippen MR) is 209 cm³/mol. The summed E-state index contributed by atoms with van der Waals surface area (Å²) in [6.07, 6.45) is 16.8. The molecule has 0 atom stereocenters. The molecule has 0 N–H and O–H groups in total. The minimum absolute atomic E-state index is 0.800. The zero-order valence-electron chi connectivity index (χ0n) is 27.1. The van der Waals surface area contributed by atoms with Crippen LogP contribution in [0, 0.1) is 0 Å². The zero-order valence-corrected chi connectivity index (χ0v) is 27.1. The molecule has 6 aromatic rings. The number of hydrogen-bond donors (Lipinski definition) is 0. The largest absolute Gasteiger partial charge is 0.311 e. The fourth-order valence-corrected chi connectivity index (χ4v) is 6.53. The van der Waals surface area contributed by atoms with E-state index in [1.165, 1.54) is 32.7 Å². The standard InChI is InChI=1S/C46H38N2/c1-33(24-26-35(3)47(40-19-10-6-11-20-40)41-21-12-7-13-22-41)34(2)25-27-36(4)48-44-30-29-39(37-16-8-5-9-17-37)32-43(44)46-42-23-15-14-18-38(42)28-31-45(46)48/h5-8,10-16,18-32H,1-4,9,17H2/b26-24-,27-25-. The van der Waals surface area contributed by atoms with E-state index in [0.29, 0.717) is 0 Å². The van der Waals surface area contributed by atoms with Crippen LogP contribution in [0.3, 0.4) is 0 Å². The Morgan fingerprint density at radius 1 is 0.625 bits per heavy atom. The predicted octanol–water partition coefficient (Wildman–Crippen LogP) is 12.7. The number of allylic oxidation sites excluding steroid dienone is 11. The average molecular weight is 619 g/mol. The van der Waals surface area contributed by atoms with Crippen LogP contribution in [0.2, 0.25) is 0 Å². The molecule has 1 heterocycles. The number of anilines is 2. The average Bonchev–Trinajstić information content (AvgIpc) is 3.48. The summed E-state index contributed by atoms with van der Waals surface area (Å²) >= 11 is 0. The Morgan fingerprint density at radius 3 is 1.96 bits per heavy atom. The van der Waals surface area contributed by atoms with Gasteiger partial charge in [0.05, 0.1) is 11.0 Å². The first-order valence-corrected chi connectivity index (χ1v) is 16.3. The van der Waals surface area contributed by atoms with E-state index in [1.807, 2.05) is 60.7 Å². The Bertz CT molecular complexity index is 2300. The number of nitrogens with zero attached hydrogens (tertiary/aromatic N) is 2. The molecule has 0 aliphatic heterocycles. The van der Waals surface area contributed by atoms with Crippen LogP contribution in [0.1, 0.15) is 18.4 Å². The maximum absolute atomic E-state index is 4.53. The maximum atomic E-state index is 4.53. The molecule has 48 heavy (non-hydrogen) atoms. The van der Waals surface area contributed by atoms with Gasteiger partial charge >= 0.3 is 0 Å². The molecule has 1 aliphatic rings. The Morgan fingerprint density at radius 2 is 1.27 bits per heavy atom. The van der Waals surface area contributed by atoms with Gasteiger partial charge in [-0.05, 0) is 101 Å². The van der Waals surface area contributed by atoms with E-state index in [0.717, 1.165) is 57.8 Å². The number of aromatic nitrogens is 1. The lowest BCUT2D eigenvalue weighted by atomic mass is 9.95. The van der Waals surface area contributed by atoms with Gasteiger partial charge < -0.3 is 9.47 Å².